The Hall–Kier alpha value is -3.15. The summed E-state index contributed by atoms with van der Waals surface area (Å²) in [4.78, 5) is 34.5. The van der Waals surface area contributed by atoms with Gasteiger partial charge in [0.2, 0.25) is 5.91 Å². The number of ether oxygens (including phenoxy) is 1. The van der Waals surface area contributed by atoms with Crippen molar-refractivity contribution in [2.75, 3.05) is 5.32 Å². The summed E-state index contributed by atoms with van der Waals surface area (Å²) in [5, 5.41) is 2.68. The maximum absolute atomic E-state index is 12.2. The van der Waals surface area contributed by atoms with Gasteiger partial charge >= 0.3 is 0 Å². The van der Waals surface area contributed by atoms with Gasteiger partial charge in [-0.3, -0.25) is 14.4 Å². The molecule has 0 aliphatic rings. The fourth-order valence-electron chi connectivity index (χ4n) is 2.01. The quantitative estimate of drug-likeness (QED) is 0.796. The van der Waals surface area contributed by atoms with E-state index in [2.05, 4.69) is 5.32 Å². The topological polar surface area (TPSA) is 98.5 Å². The number of carbonyl (C=O) groups excluding carboxylic acids is 3. The Bertz CT molecular complexity index is 769. The van der Waals surface area contributed by atoms with E-state index in [9.17, 15) is 14.4 Å². The van der Waals surface area contributed by atoms with Gasteiger partial charge in [0, 0.05) is 16.8 Å². The number of anilines is 1. The van der Waals surface area contributed by atoms with Crippen LogP contribution in [0.25, 0.3) is 0 Å². The fourth-order valence-corrected chi connectivity index (χ4v) is 2.01. The number of amides is 2. The zero-order chi connectivity index (χ0) is 17.7. The van der Waals surface area contributed by atoms with E-state index in [0.717, 1.165) is 0 Å². The third-order valence-electron chi connectivity index (χ3n) is 3.36. The third kappa shape index (κ3) is 4.42. The smallest absolute Gasteiger partial charge is 0.265 e. The third-order valence-corrected chi connectivity index (χ3v) is 3.36. The van der Waals surface area contributed by atoms with E-state index in [1.54, 1.807) is 43.3 Å². The van der Waals surface area contributed by atoms with E-state index in [1.165, 1.54) is 19.1 Å². The summed E-state index contributed by atoms with van der Waals surface area (Å²) in [5.74, 6) is -0.522. The maximum Gasteiger partial charge on any atom is 0.265 e. The van der Waals surface area contributed by atoms with E-state index in [-0.39, 0.29) is 11.7 Å². The normalized spacial score (nSPS) is 11.4. The predicted octanol–water partition coefficient (Wildman–Crippen LogP) is 2.39. The van der Waals surface area contributed by atoms with Crippen molar-refractivity contribution in [2.24, 2.45) is 5.73 Å². The van der Waals surface area contributed by atoms with Crippen LogP contribution in [0.1, 0.15) is 34.6 Å². The number of ketones is 1. The molecule has 2 rings (SSSR count). The molecule has 0 bridgehead atoms. The Labute approximate surface area is 139 Å². The number of hydrogen-bond donors (Lipinski definition) is 2. The van der Waals surface area contributed by atoms with Crippen molar-refractivity contribution in [3.05, 3.63) is 59.7 Å². The summed E-state index contributed by atoms with van der Waals surface area (Å²) in [6.07, 6.45) is -0.761. The zero-order valence-corrected chi connectivity index (χ0v) is 13.4. The van der Waals surface area contributed by atoms with E-state index < -0.39 is 12.0 Å². The maximum atomic E-state index is 12.2. The van der Waals surface area contributed by atoms with Gasteiger partial charge in [0.15, 0.2) is 11.9 Å². The lowest BCUT2D eigenvalue weighted by molar-refractivity contribution is -0.122. The van der Waals surface area contributed by atoms with Gasteiger partial charge in [0.25, 0.3) is 5.91 Å². The molecular weight excluding hydrogens is 308 g/mol. The van der Waals surface area contributed by atoms with Crippen molar-refractivity contribution in [2.45, 2.75) is 20.0 Å². The molecule has 0 saturated carbocycles. The molecule has 6 nitrogen and oxygen atoms in total. The second kappa shape index (κ2) is 7.41. The van der Waals surface area contributed by atoms with E-state index >= 15 is 0 Å². The first-order valence-corrected chi connectivity index (χ1v) is 7.35. The number of nitrogens with two attached hydrogens (primary N) is 1. The van der Waals surface area contributed by atoms with Crippen molar-refractivity contribution in [1.82, 2.24) is 0 Å². The van der Waals surface area contributed by atoms with Gasteiger partial charge in [0.1, 0.15) is 5.75 Å². The minimum atomic E-state index is -0.761. The summed E-state index contributed by atoms with van der Waals surface area (Å²) < 4.78 is 5.56. The molecule has 124 valence electrons. The Balaban J connectivity index is 2.00. The molecule has 0 aromatic heterocycles. The van der Waals surface area contributed by atoms with Crippen molar-refractivity contribution in [3.63, 3.8) is 0 Å². The predicted molar refractivity (Wildman–Crippen MR) is 90.1 cm³/mol. The molecule has 1 unspecified atom stereocenters. The summed E-state index contributed by atoms with van der Waals surface area (Å²) in [6, 6.07) is 12.9. The second-order valence-corrected chi connectivity index (χ2v) is 5.27. The first-order chi connectivity index (χ1) is 11.4. The molecule has 6 heteroatoms. The summed E-state index contributed by atoms with van der Waals surface area (Å²) in [6.45, 7) is 3.07. The van der Waals surface area contributed by atoms with Crippen LogP contribution in [0, 0.1) is 0 Å². The molecule has 1 atom stereocenters. The Kier molecular flexibility index (Phi) is 5.31. The van der Waals surface area contributed by atoms with Crippen LogP contribution in [0.5, 0.6) is 5.75 Å². The van der Waals surface area contributed by atoms with Crippen LogP contribution in [0.15, 0.2) is 48.5 Å². The van der Waals surface area contributed by atoms with Crippen molar-refractivity contribution in [3.8, 4) is 5.75 Å². The number of carbonyl (C=O) groups is 3. The van der Waals surface area contributed by atoms with Crippen molar-refractivity contribution >= 4 is 23.3 Å². The highest BCUT2D eigenvalue weighted by molar-refractivity contribution is 5.96. The average molecular weight is 326 g/mol. The summed E-state index contributed by atoms with van der Waals surface area (Å²) in [5.41, 5.74) is 6.56. The van der Waals surface area contributed by atoms with Crippen LogP contribution in [0.4, 0.5) is 5.69 Å². The molecular formula is C18H18N2O4. The molecule has 0 fully saturated rings. The van der Waals surface area contributed by atoms with E-state index in [1.807, 2.05) is 0 Å². The molecule has 0 heterocycles. The molecule has 2 aromatic rings. The molecule has 2 aromatic carbocycles. The van der Waals surface area contributed by atoms with Crippen LogP contribution in [-0.4, -0.2) is 23.7 Å². The van der Waals surface area contributed by atoms with Crippen molar-refractivity contribution < 1.29 is 19.1 Å². The van der Waals surface area contributed by atoms with Crippen LogP contribution < -0.4 is 15.8 Å². The van der Waals surface area contributed by atoms with Gasteiger partial charge in [-0.2, -0.15) is 0 Å². The first kappa shape index (κ1) is 17.2. The number of nitrogens with one attached hydrogen (secondary N) is 1. The minimum absolute atomic E-state index is 0.0768. The molecule has 0 spiro atoms. The minimum Gasteiger partial charge on any atom is -0.481 e. The van der Waals surface area contributed by atoms with Gasteiger partial charge in [-0.25, -0.2) is 0 Å². The molecule has 0 aliphatic carbocycles. The number of benzene rings is 2. The Morgan fingerprint density at radius 1 is 1.04 bits per heavy atom. The van der Waals surface area contributed by atoms with Crippen LogP contribution >= 0.6 is 0 Å². The van der Waals surface area contributed by atoms with Crippen molar-refractivity contribution in [1.29, 1.82) is 0 Å². The van der Waals surface area contributed by atoms with E-state index in [0.29, 0.717) is 22.6 Å². The molecule has 24 heavy (non-hydrogen) atoms. The van der Waals surface area contributed by atoms with E-state index in [4.69, 9.17) is 10.5 Å². The van der Waals surface area contributed by atoms with Gasteiger partial charge in [-0.15, -0.1) is 0 Å². The number of Topliss-reactive ketones (excluding diaryl/α,β-unsaturated/α-hetero) is 1. The van der Waals surface area contributed by atoms with Gasteiger partial charge < -0.3 is 15.8 Å². The van der Waals surface area contributed by atoms with Gasteiger partial charge in [-0.05, 0) is 50.2 Å². The highest BCUT2D eigenvalue weighted by Crippen LogP contribution is 2.16. The monoisotopic (exact) mass is 326 g/mol. The SMILES string of the molecule is CC(=O)c1cccc(OC(C)C(=O)Nc2ccc(C(N)=O)cc2)c1. The number of rotatable bonds is 6. The summed E-state index contributed by atoms with van der Waals surface area (Å²) in [7, 11) is 0. The molecule has 0 radical (unpaired) electrons. The lowest BCUT2D eigenvalue weighted by atomic mass is 10.1. The molecule has 3 N–H and O–H groups in total. The first-order valence-electron chi connectivity index (χ1n) is 7.35. The van der Waals surface area contributed by atoms with Crippen LogP contribution in [0.3, 0.4) is 0 Å². The summed E-state index contributed by atoms with van der Waals surface area (Å²) >= 11 is 0. The number of hydrogen-bond acceptors (Lipinski definition) is 4. The van der Waals surface area contributed by atoms with Crippen LogP contribution in [0.2, 0.25) is 0 Å². The lowest BCUT2D eigenvalue weighted by Crippen LogP contribution is -2.30. The molecule has 2 amide bonds. The fraction of sp³-hybridized carbons (Fsp3) is 0.167. The largest absolute Gasteiger partial charge is 0.481 e. The number of primary amides is 1. The van der Waals surface area contributed by atoms with Gasteiger partial charge in [0.05, 0.1) is 0 Å². The lowest BCUT2D eigenvalue weighted by Gasteiger charge is -2.15. The Morgan fingerprint density at radius 3 is 2.29 bits per heavy atom. The standard InChI is InChI=1S/C18H18N2O4/c1-11(21)14-4-3-5-16(10-14)24-12(2)18(23)20-15-8-6-13(7-9-15)17(19)22/h3-10,12H,1-2H3,(H2,19,22)(H,20,23). The molecule has 0 saturated heterocycles. The second-order valence-electron chi connectivity index (χ2n) is 5.27. The van der Waals surface area contributed by atoms with Gasteiger partial charge in [-0.1, -0.05) is 12.1 Å². The molecule has 0 aliphatic heterocycles. The average Bonchev–Trinajstić information content (AvgIpc) is 2.55. The zero-order valence-electron chi connectivity index (χ0n) is 13.4. The Morgan fingerprint density at radius 2 is 1.71 bits per heavy atom. The highest BCUT2D eigenvalue weighted by atomic mass is 16.5. The van der Waals surface area contributed by atoms with Crippen LogP contribution in [-0.2, 0) is 4.79 Å². The highest BCUT2D eigenvalue weighted by Gasteiger charge is 2.15.